The van der Waals surface area contributed by atoms with Gasteiger partial charge in [0.15, 0.2) is 5.11 Å². The van der Waals surface area contributed by atoms with Crippen molar-refractivity contribution in [3.63, 3.8) is 0 Å². The maximum absolute atomic E-state index is 12.2. The standard InChI is InChI=1S/C20H24N2O2S/c1-14(2)13-24-18-10-8-17(9-11-18)19(23)22-20(25)21-12-16-6-4-15(3)5-7-16/h4-11,14H,12-13H2,1-3H3,(H2,21,22,23,25). The molecule has 0 spiro atoms. The fourth-order valence-corrected chi connectivity index (χ4v) is 2.24. The summed E-state index contributed by atoms with van der Waals surface area (Å²) in [6, 6.07) is 15.2. The minimum absolute atomic E-state index is 0.239. The van der Waals surface area contributed by atoms with Crippen molar-refractivity contribution in [3.8, 4) is 5.75 Å². The minimum Gasteiger partial charge on any atom is -0.493 e. The Morgan fingerprint density at radius 3 is 2.32 bits per heavy atom. The van der Waals surface area contributed by atoms with Crippen molar-refractivity contribution in [3.05, 3.63) is 65.2 Å². The van der Waals surface area contributed by atoms with Gasteiger partial charge in [-0.1, -0.05) is 43.7 Å². The summed E-state index contributed by atoms with van der Waals surface area (Å²) in [5.41, 5.74) is 2.85. The lowest BCUT2D eigenvalue weighted by atomic mass is 10.1. The molecule has 2 N–H and O–H groups in total. The highest BCUT2D eigenvalue weighted by Crippen LogP contribution is 2.13. The van der Waals surface area contributed by atoms with E-state index in [4.69, 9.17) is 17.0 Å². The number of amides is 1. The van der Waals surface area contributed by atoms with Crippen LogP contribution in [-0.4, -0.2) is 17.6 Å². The van der Waals surface area contributed by atoms with Gasteiger partial charge in [-0.05, 0) is 54.9 Å². The zero-order chi connectivity index (χ0) is 18.2. The van der Waals surface area contributed by atoms with E-state index < -0.39 is 0 Å². The Morgan fingerprint density at radius 2 is 1.72 bits per heavy atom. The SMILES string of the molecule is Cc1ccc(CNC(=S)NC(=O)c2ccc(OCC(C)C)cc2)cc1. The molecule has 0 aliphatic rings. The predicted molar refractivity (Wildman–Crippen MR) is 105 cm³/mol. The summed E-state index contributed by atoms with van der Waals surface area (Å²) in [6.45, 7) is 7.44. The fraction of sp³-hybridized carbons (Fsp3) is 0.300. The number of hydrogen-bond acceptors (Lipinski definition) is 3. The number of benzene rings is 2. The van der Waals surface area contributed by atoms with Gasteiger partial charge in [-0.3, -0.25) is 10.1 Å². The summed E-state index contributed by atoms with van der Waals surface area (Å²) in [6.07, 6.45) is 0. The van der Waals surface area contributed by atoms with Gasteiger partial charge in [-0.25, -0.2) is 0 Å². The molecule has 0 atom stereocenters. The van der Waals surface area contributed by atoms with Gasteiger partial charge in [0.2, 0.25) is 0 Å². The van der Waals surface area contributed by atoms with E-state index in [1.807, 2.05) is 31.2 Å². The van der Waals surface area contributed by atoms with E-state index in [1.54, 1.807) is 24.3 Å². The molecule has 0 unspecified atom stereocenters. The number of carbonyl (C=O) groups excluding carboxylic acids is 1. The summed E-state index contributed by atoms with van der Waals surface area (Å²) in [5.74, 6) is 0.974. The number of ether oxygens (including phenoxy) is 1. The summed E-state index contributed by atoms with van der Waals surface area (Å²) in [5, 5.41) is 6.04. The lowest BCUT2D eigenvalue weighted by molar-refractivity contribution is 0.0976. The molecule has 0 fully saturated rings. The molecule has 4 nitrogen and oxygen atoms in total. The van der Waals surface area contributed by atoms with Gasteiger partial charge in [-0.15, -0.1) is 0 Å². The smallest absolute Gasteiger partial charge is 0.257 e. The molecule has 0 aromatic heterocycles. The zero-order valence-corrected chi connectivity index (χ0v) is 15.7. The largest absolute Gasteiger partial charge is 0.493 e. The monoisotopic (exact) mass is 356 g/mol. The normalized spacial score (nSPS) is 10.4. The topological polar surface area (TPSA) is 50.4 Å². The first kappa shape index (κ1) is 18.9. The summed E-state index contributed by atoms with van der Waals surface area (Å²) < 4.78 is 5.61. The van der Waals surface area contributed by atoms with Gasteiger partial charge >= 0.3 is 0 Å². The maximum Gasteiger partial charge on any atom is 0.257 e. The van der Waals surface area contributed by atoms with E-state index in [0.717, 1.165) is 11.3 Å². The molecule has 5 heteroatoms. The van der Waals surface area contributed by atoms with Gasteiger partial charge in [0, 0.05) is 12.1 Å². The van der Waals surface area contributed by atoms with Crippen LogP contribution in [0.25, 0.3) is 0 Å². The van der Waals surface area contributed by atoms with E-state index in [-0.39, 0.29) is 5.91 Å². The highest BCUT2D eigenvalue weighted by atomic mass is 32.1. The first-order chi connectivity index (χ1) is 11.9. The molecule has 0 bridgehead atoms. The Balaban J connectivity index is 1.82. The molecule has 0 saturated carbocycles. The predicted octanol–water partition coefficient (Wildman–Crippen LogP) is 3.83. The van der Waals surface area contributed by atoms with E-state index in [1.165, 1.54) is 5.56 Å². The number of hydrogen-bond donors (Lipinski definition) is 2. The third-order valence-electron chi connectivity index (χ3n) is 3.50. The Bertz CT molecular complexity index is 709. The van der Waals surface area contributed by atoms with Gasteiger partial charge in [0.1, 0.15) is 5.75 Å². The van der Waals surface area contributed by atoms with Crippen molar-refractivity contribution in [2.24, 2.45) is 5.92 Å². The van der Waals surface area contributed by atoms with Crippen LogP contribution in [0.15, 0.2) is 48.5 Å². The zero-order valence-electron chi connectivity index (χ0n) is 14.8. The second-order valence-electron chi connectivity index (χ2n) is 6.35. The molecular formula is C20H24N2O2S. The second-order valence-corrected chi connectivity index (χ2v) is 6.76. The van der Waals surface area contributed by atoms with Crippen molar-refractivity contribution < 1.29 is 9.53 Å². The Kier molecular flexibility index (Phi) is 6.95. The van der Waals surface area contributed by atoms with Crippen molar-refractivity contribution in [1.29, 1.82) is 0 Å². The van der Waals surface area contributed by atoms with Crippen LogP contribution in [0.1, 0.15) is 35.3 Å². The van der Waals surface area contributed by atoms with Crippen molar-refractivity contribution in [1.82, 2.24) is 10.6 Å². The molecule has 25 heavy (non-hydrogen) atoms. The van der Waals surface area contributed by atoms with Crippen molar-refractivity contribution in [2.75, 3.05) is 6.61 Å². The molecule has 0 radical (unpaired) electrons. The van der Waals surface area contributed by atoms with Crippen LogP contribution in [0.2, 0.25) is 0 Å². The first-order valence-corrected chi connectivity index (χ1v) is 8.72. The third-order valence-corrected chi connectivity index (χ3v) is 3.75. The van der Waals surface area contributed by atoms with E-state index >= 15 is 0 Å². The van der Waals surface area contributed by atoms with Crippen LogP contribution in [0.4, 0.5) is 0 Å². The van der Waals surface area contributed by atoms with Gasteiger partial charge < -0.3 is 10.1 Å². The highest BCUT2D eigenvalue weighted by Gasteiger charge is 2.08. The van der Waals surface area contributed by atoms with Crippen LogP contribution >= 0.6 is 12.2 Å². The third kappa shape index (κ3) is 6.55. The van der Waals surface area contributed by atoms with E-state index in [2.05, 4.69) is 24.5 Å². The second kappa shape index (κ2) is 9.18. The van der Waals surface area contributed by atoms with Crippen LogP contribution in [0.5, 0.6) is 5.75 Å². The number of thiocarbonyl (C=S) groups is 1. The average molecular weight is 356 g/mol. The van der Waals surface area contributed by atoms with Gasteiger partial charge in [0.25, 0.3) is 5.91 Å². The molecule has 2 aromatic carbocycles. The van der Waals surface area contributed by atoms with E-state index in [0.29, 0.717) is 29.7 Å². The van der Waals surface area contributed by atoms with Crippen LogP contribution < -0.4 is 15.4 Å². The summed E-state index contributed by atoms with van der Waals surface area (Å²) in [4.78, 5) is 12.2. The van der Waals surface area contributed by atoms with E-state index in [9.17, 15) is 4.79 Å². The lowest BCUT2D eigenvalue weighted by Gasteiger charge is -2.11. The number of rotatable bonds is 6. The van der Waals surface area contributed by atoms with Crippen LogP contribution in [-0.2, 0) is 6.54 Å². The molecule has 0 heterocycles. The molecule has 0 aliphatic heterocycles. The molecule has 0 saturated heterocycles. The van der Waals surface area contributed by atoms with Crippen LogP contribution in [0, 0.1) is 12.8 Å². The van der Waals surface area contributed by atoms with Crippen molar-refractivity contribution >= 4 is 23.2 Å². The number of aryl methyl sites for hydroxylation is 1. The quantitative estimate of drug-likeness (QED) is 0.772. The minimum atomic E-state index is -0.239. The molecule has 132 valence electrons. The molecule has 2 aromatic rings. The molecule has 1 amide bonds. The van der Waals surface area contributed by atoms with Gasteiger partial charge in [-0.2, -0.15) is 0 Å². The first-order valence-electron chi connectivity index (χ1n) is 8.31. The molecule has 2 rings (SSSR count). The summed E-state index contributed by atoms with van der Waals surface area (Å²) in [7, 11) is 0. The highest BCUT2D eigenvalue weighted by molar-refractivity contribution is 7.80. The van der Waals surface area contributed by atoms with Crippen molar-refractivity contribution in [2.45, 2.75) is 27.3 Å². The number of nitrogens with one attached hydrogen (secondary N) is 2. The van der Waals surface area contributed by atoms with Crippen LogP contribution in [0.3, 0.4) is 0 Å². The Hall–Kier alpha value is -2.40. The Morgan fingerprint density at radius 1 is 1.08 bits per heavy atom. The number of carbonyl (C=O) groups is 1. The molecule has 0 aliphatic carbocycles. The lowest BCUT2D eigenvalue weighted by Crippen LogP contribution is -2.38. The maximum atomic E-state index is 12.2. The Labute approximate surface area is 154 Å². The van der Waals surface area contributed by atoms with Gasteiger partial charge in [0.05, 0.1) is 6.61 Å². The fourth-order valence-electron chi connectivity index (χ4n) is 2.07. The average Bonchev–Trinajstić information content (AvgIpc) is 2.60. The summed E-state index contributed by atoms with van der Waals surface area (Å²) >= 11 is 5.18. The molecular weight excluding hydrogens is 332 g/mol.